The molecule has 0 unspecified atom stereocenters. The van der Waals surface area contributed by atoms with Gasteiger partial charge in [-0.2, -0.15) is 0 Å². The van der Waals surface area contributed by atoms with Crippen LogP contribution >= 0.6 is 11.8 Å². The molecule has 17 heavy (non-hydrogen) atoms. The van der Waals surface area contributed by atoms with Gasteiger partial charge in [-0.15, -0.1) is 18.3 Å². The number of hydrogen-bond donors (Lipinski definition) is 3. The summed E-state index contributed by atoms with van der Waals surface area (Å²) in [4.78, 5) is 10.3. The highest BCUT2D eigenvalue weighted by Gasteiger charge is 2.38. The van der Waals surface area contributed by atoms with Gasteiger partial charge in [0.1, 0.15) is 0 Å². The van der Waals surface area contributed by atoms with Crippen molar-refractivity contribution in [2.45, 2.75) is 11.4 Å². The minimum Gasteiger partial charge on any atom is -0.481 e. The number of benzene rings is 1. The van der Waals surface area contributed by atoms with E-state index in [1.165, 1.54) is 11.8 Å². The molecule has 2 rings (SSSR count). The molecule has 1 aliphatic rings. The monoisotopic (exact) mass is 250 g/mol. The van der Waals surface area contributed by atoms with Gasteiger partial charge in [0, 0.05) is 5.75 Å². The Morgan fingerprint density at radius 3 is 2.47 bits per heavy atom. The highest BCUT2D eigenvalue weighted by Crippen LogP contribution is 2.41. The number of rotatable bonds is 5. The van der Waals surface area contributed by atoms with Crippen LogP contribution in [0, 0.1) is 0 Å². The second-order valence-electron chi connectivity index (χ2n) is 3.79. The maximum atomic E-state index is 11.0. The van der Waals surface area contributed by atoms with Gasteiger partial charge in [-0.3, -0.25) is 4.79 Å². The summed E-state index contributed by atoms with van der Waals surface area (Å²) in [5, 5.41) is 15.5. The molecule has 1 aromatic carbocycles. The number of fused-ring (bicyclic) bond motifs is 1. The van der Waals surface area contributed by atoms with Crippen molar-refractivity contribution in [3.8, 4) is 0 Å². The predicted molar refractivity (Wildman–Crippen MR) is 71.3 cm³/mol. The average molecular weight is 250 g/mol. The van der Waals surface area contributed by atoms with E-state index in [0.717, 1.165) is 11.4 Å². The summed E-state index contributed by atoms with van der Waals surface area (Å²) in [5.41, 5.74) is 1.87. The van der Waals surface area contributed by atoms with Crippen LogP contribution in [-0.4, -0.2) is 21.8 Å². The lowest BCUT2D eigenvalue weighted by molar-refractivity contribution is -0.137. The molecule has 0 saturated carbocycles. The second kappa shape index (κ2) is 4.71. The first kappa shape index (κ1) is 11.9. The number of anilines is 2. The van der Waals surface area contributed by atoms with Gasteiger partial charge in [-0.05, 0) is 12.1 Å². The Morgan fingerprint density at radius 2 is 2.00 bits per heavy atom. The van der Waals surface area contributed by atoms with Gasteiger partial charge in [-0.25, -0.2) is 0 Å². The minimum atomic E-state index is -0.839. The molecule has 0 fully saturated rings. The van der Waals surface area contributed by atoms with Gasteiger partial charge in [0.25, 0.3) is 0 Å². The normalized spacial score (nSPS) is 15.5. The lowest BCUT2D eigenvalue weighted by Crippen LogP contribution is -2.40. The van der Waals surface area contributed by atoms with Crippen LogP contribution in [0.3, 0.4) is 0 Å². The maximum absolute atomic E-state index is 11.0. The zero-order valence-electron chi connectivity index (χ0n) is 9.27. The van der Waals surface area contributed by atoms with Crippen molar-refractivity contribution in [3.63, 3.8) is 0 Å². The van der Waals surface area contributed by atoms with Crippen molar-refractivity contribution in [2.75, 3.05) is 16.4 Å². The number of carboxylic acids is 1. The van der Waals surface area contributed by atoms with Crippen LogP contribution < -0.4 is 10.6 Å². The Labute approximate surface area is 104 Å². The lowest BCUT2D eigenvalue weighted by atomic mass is 10.3. The zero-order valence-corrected chi connectivity index (χ0v) is 10.1. The quantitative estimate of drug-likeness (QED) is 0.701. The molecule has 3 N–H and O–H groups in total. The Morgan fingerprint density at radius 1 is 1.41 bits per heavy atom. The first-order chi connectivity index (χ1) is 8.15. The Balaban J connectivity index is 2.21. The summed E-state index contributed by atoms with van der Waals surface area (Å²) in [6, 6.07) is 7.70. The van der Waals surface area contributed by atoms with Crippen LogP contribution in [0.25, 0.3) is 0 Å². The summed E-state index contributed by atoms with van der Waals surface area (Å²) in [5.74, 6) is -0.157. The van der Waals surface area contributed by atoms with Crippen LogP contribution in [0.1, 0.15) is 6.42 Å². The topological polar surface area (TPSA) is 61.4 Å². The highest BCUT2D eigenvalue weighted by molar-refractivity contribution is 8.01. The molecular weight excluding hydrogens is 236 g/mol. The Bertz CT molecular complexity index is 423. The van der Waals surface area contributed by atoms with Gasteiger partial charge in [0.05, 0.1) is 17.8 Å². The number of aliphatic carboxylic acids is 1. The molecule has 1 aromatic rings. The Hall–Kier alpha value is -1.62. The van der Waals surface area contributed by atoms with Gasteiger partial charge in [-0.1, -0.05) is 18.2 Å². The molecule has 0 aliphatic carbocycles. The van der Waals surface area contributed by atoms with E-state index in [0.29, 0.717) is 5.75 Å². The molecule has 1 heterocycles. The first-order valence-corrected chi connectivity index (χ1v) is 6.26. The van der Waals surface area contributed by atoms with Crippen molar-refractivity contribution in [1.82, 2.24) is 0 Å². The SMILES string of the molecule is C=CCSC1(CC(=O)O)Nc2ccccc2N1. The fourth-order valence-electron chi connectivity index (χ4n) is 1.79. The molecular formula is C12H14N2O2S. The maximum Gasteiger partial charge on any atom is 0.308 e. The summed E-state index contributed by atoms with van der Waals surface area (Å²) in [6.45, 7) is 3.66. The van der Waals surface area contributed by atoms with Crippen molar-refractivity contribution < 1.29 is 9.90 Å². The van der Waals surface area contributed by atoms with E-state index < -0.39 is 11.0 Å². The van der Waals surface area contributed by atoms with Gasteiger partial charge in [0.15, 0.2) is 4.99 Å². The predicted octanol–water partition coefficient (Wildman–Crippen LogP) is 2.57. The molecule has 0 amide bonds. The van der Waals surface area contributed by atoms with Crippen molar-refractivity contribution in [1.29, 1.82) is 0 Å². The molecule has 4 nitrogen and oxygen atoms in total. The van der Waals surface area contributed by atoms with Crippen molar-refractivity contribution in [3.05, 3.63) is 36.9 Å². The summed E-state index contributed by atoms with van der Waals surface area (Å²) < 4.78 is 0. The largest absolute Gasteiger partial charge is 0.481 e. The average Bonchev–Trinajstić information content (AvgIpc) is 2.63. The molecule has 0 atom stereocenters. The standard InChI is InChI=1S/C12H14N2O2S/c1-2-7-17-12(8-11(15)16)13-9-5-3-4-6-10(9)14-12/h2-6,13-14H,1,7-8H2,(H,15,16). The summed E-state index contributed by atoms with van der Waals surface area (Å²) >= 11 is 1.50. The van der Waals surface area contributed by atoms with E-state index in [2.05, 4.69) is 17.2 Å². The summed E-state index contributed by atoms with van der Waals surface area (Å²) in [6.07, 6.45) is 1.76. The van der Waals surface area contributed by atoms with Gasteiger partial charge < -0.3 is 15.7 Å². The van der Waals surface area contributed by atoms with E-state index in [-0.39, 0.29) is 6.42 Å². The second-order valence-corrected chi connectivity index (χ2v) is 5.11. The molecule has 0 spiro atoms. The highest BCUT2D eigenvalue weighted by atomic mass is 32.2. The number of para-hydroxylation sites is 2. The fraction of sp³-hybridized carbons (Fsp3) is 0.250. The van der Waals surface area contributed by atoms with E-state index in [4.69, 9.17) is 5.11 Å². The van der Waals surface area contributed by atoms with E-state index in [1.54, 1.807) is 6.08 Å². The van der Waals surface area contributed by atoms with Gasteiger partial charge >= 0.3 is 5.97 Å². The lowest BCUT2D eigenvalue weighted by Gasteiger charge is -2.28. The van der Waals surface area contributed by atoms with Crippen molar-refractivity contribution in [2.24, 2.45) is 0 Å². The zero-order chi connectivity index (χ0) is 12.3. The van der Waals surface area contributed by atoms with Crippen LogP contribution in [0.5, 0.6) is 0 Å². The van der Waals surface area contributed by atoms with Crippen LogP contribution in [0.4, 0.5) is 11.4 Å². The minimum absolute atomic E-state index is 0.000185. The number of thioether (sulfide) groups is 1. The molecule has 0 saturated heterocycles. The van der Waals surface area contributed by atoms with E-state index in [9.17, 15) is 4.79 Å². The molecule has 0 bridgehead atoms. The fourth-order valence-corrected chi connectivity index (χ4v) is 2.79. The number of nitrogens with one attached hydrogen (secondary N) is 2. The molecule has 0 aromatic heterocycles. The van der Waals surface area contributed by atoms with Crippen LogP contribution in [-0.2, 0) is 4.79 Å². The molecule has 90 valence electrons. The number of carboxylic acid groups (broad SMARTS) is 1. The van der Waals surface area contributed by atoms with Crippen LogP contribution in [0.2, 0.25) is 0 Å². The van der Waals surface area contributed by atoms with E-state index in [1.807, 2.05) is 24.3 Å². The van der Waals surface area contributed by atoms with E-state index >= 15 is 0 Å². The molecule has 1 aliphatic heterocycles. The number of hydrogen-bond acceptors (Lipinski definition) is 4. The van der Waals surface area contributed by atoms with Gasteiger partial charge in [0.2, 0.25) is 0 Å². The third kappa shape index (κ3) is 2.55. The third-order valence-corrected chi connectivity index (χ3v) is 3.69. The number of carbonyl (C=O) groups is 1. The van der Waals surface area contributed by atoms with Crippen molar-refractivity contribution >= 4 is 29.1 Å². The third-order valence-electron chi connectivity index (χ3n) is 2.45. The first-order valence-electron chi connectivity index (χ1n) is 5.27. The Kier molecular flexibility index (Phi) is 3.28. The smallest absolute Gasteiger partial charge is 0.308 e. The summed E-state index contributed by atoms with van der Waals surface area (Å²) in [7, 11) is 0. The molecule has 5 heteroatoms. The van der Waals surface area contributed by atoms with Crippen LogP contribution in [0.15, 0.2) is 36.9 Å². The molecule has 0 radical (unpaired) electrons.